The van der Waals surface area contributed by atoms with Gasteiger partial charge >= 0.3 is 6.18 Å². The standard InChI is InChI=1S/C33H34Cl2F4O.H3NO2S/c1-2-7-26(9-4-3-5-19-36)40-27-15-11-22(12-16-27)32-28-17-13-24(33(37,38)39)20-23(28)8-6-10-30(32)29-18-14-25(34)21-31(29)35;1-4(2)3/h11-18,20-21,26H,2-10,19H2,1H3;1H2,(H,2,3)/p-1. The van der Waals surface area contributed by atoms with Gasteiger partial charge in [0.25, 0.3) is 0 Å². The predicted octanol–water partition coefficient (Wildman–Crippen LogP) is 10.1. The summed E-state index contributed by atoms with van der Waals surface area (Å²) in [6.07, 6.45) is 2.63. The molecule has 0 heterocycles. The van der Waals surface area contributed by atoms with Crippen LogP contribution in [-0.4, -0.2) is 21.5 Å². The molecule has 4 rings (SSSR count). The van der Waals surface area contributed by atoms with Crippen molar-refractivity contribution >= 4 is 45.6 Å². The Hall–Kier alpha value is -2.43. The number of benzene rings is 3. The number of alkyl halides is 4. The number of unbranched alkanes of at least 4 members (excludes halogenated alkanes) is 2. The summed E-state index contributed by atoms with van der Waals surface area (Å²) in [7, 11) is 0. The van der Waals surface area contributed by atoms with E-state index < -0.39 is 23.0 Å². The zero-order valence-corrected chi connectivity index (χ0v) is 26.7. The number of aryl methyl sites for hydroxylation is 1. The fraction of sp³-hybridized carbons (Fsp3) is 0.394. The first-order valence-electron chi connectivity index (χ1n) is 14.5. The van der Waals surface area contributed by atoms with Crippen LogP contribution >= 0.6 is 23.2 Å². The van der Waals surface area contributed by atoms with Gasteiger partial charge in [0.15, 0.2) is 0 Å². The first-order chi connectivity index (χ1) is 20.9. The third-order valence-corrected chi connectivity index (χ3v) is 7.90. The number of ether oxygens (including phenoxy) is 1. The second kappa shape index (κ2) is 17.3. The minimum absolute atomic E-state index is 0.0532. The van der Waals surface area contributed by atoms with Gasteiger partial charge in [0, 0.05) is 21.3 Å². The molecule has 44 heavy (non-hydrogen) atoms. The van der Waals surface area contributed by atoms with Gasteiger partial charge in [0.1, 0.15) is 5.75 Å². The van der Waals surface area contributed by atoms with Crippen molar-refractivity contribution in [3.8, 4) is 5.75 Å². The van der Waals surface area contributed by atoms with Gasteiger partial charge in [-0.1, -0.05) is 67.2 Å². The van der Waals surface area contributed by atoms with Crippen LogP contribution in [0, 0.1) is 0 Å². The van der Waals surface area contributed by atoms with Gasteiger partial charge in [-0.25, -0.2) is 0 Å². The van der Waals surface area contributed by atoms with E-state index in [1.807, 2.05) is 30.3 Å². The van der Waals surface area contributed by atoms with E-state index in [4.69, 9.17) is 36.7 Å². The number of rotatable bonds is 11. The SMILES string of the molecule is CCCC(CCCCCF)Oc1ccc(C2=C(c3ccc(Cl)cc3Cl)CCCc3cc(C(F)(F)F)ccc32)cc1.NS(=O)[O-]. The van der Waals surface area contributed by atoms with Crippen molar-refractivity contribution in [1.29, 1.82) is 0 Å². The molecule has 0 saturated heterocycles. The zero-order valence-electron chi connectivity index (χ0n) is 24.4. The van der Waals surface area contributed by atoms with E-state index >= 15 is 0 Å². The maximum atomic E-state index is 13.6. The molecule has 2 unspecified atom stereocenters. The first-order valence-corrected chi connectivity index (χ1v) is 16.4. The molecule has 0 amide bonds. The maximum Gasteiger partial charge on any atom is 0.416 e. The largest absolute Gasteiger partial charge is 0.760 e. The second-order valence-corrected chi connectivity index (χ2v) is 11.9. The quantitative estimate of drug-likeness (QED) is 0.125. The Morgan fingerprint density at radius 1 is 0.955 bits per heavy atom. The van der Waals surface area contributed by atoms with Gasteiger partial charge in [-0.3, -0.25) is 13.7 Å². The van der Waals surface area contributed by atoms with Gasteiger partial charge < -0.3 is 9.29 Å². The van der Waals surface area contributed by atoms with Crippen molar-refractivity contribution in [3.05, 3.63) is 98.5 Å². The lowest BCUT2D eigenvalue weighted by Crippen LogP contribution is -2.16. The van der Waals surface area contributed by atoms with Crippen LogP contribution in [0.25, 0.3) is 11.1 Å². The van der Waals surface area contributed by atoms with E-state index in [0.717, 1.165) is 71.8 Å². The minimum atomic E-state index is -4.41. The molecule has 3 aromatic rings. The van der Waals surface area contributed by atoms with Crippen LogP contribution in [0.15, 0.2) is 60.7 Å². The van der Waals surface area contributed by atoms with Crippen LogP contribution in [0.5, 0.6) is 5.75 Å². The summed E-state index contributed by atoms with van der Waals surface area (Å²) in [5.74, 6) is 0.737. The molecule has 0 radical (unpaired) electrons. The molecule has 1 aliphatic rings. The van der Waals surface area contributed by atoms with Crippen LogP contribution in [0.3, 0.4) is 0 Å². The Bertz CT molecular complexity index is 1430. The van der Waals surface area contributed by atoms with Gasteiger partial charge in [-0.15, -0.1) is 0 Å². The molecule has 0 bridgehead atoms. The van der Waals surface area contributed by atoms with E-state index in [2.05, 4.69) is 12.1 Å². The molecule has 3 aromatic carbocycles. The normalized spacial score (nSPS) is 14.7. The fourth-order valence-corrected chi connectivity index (χ4v) is 5.94. The summed E-state index contributed by atoms with van der Waals surface area (Å²) < 4.78 is 77.0. The molecule has 2 N–H and O–H groups in total. The number of allylic oxidation sites excluding steroid dienone is 1. The number of fused-ring (bicyclic) bond motifs is 1. The molecule has 0 saturated carbocycles. The molecule has 2 atom stereocenters. The van der Waals surface area contributed by atoms with Crippen LogP contribution in [-0.2, 0) is 23.9 Å². The Balaban J connectivity index is 0.00000124. The van der Waals surface area contributed by atoms with Crippen LogP contribution in [0.1, 0.15) is 86.1 Å². The lowest BCUT2D eigenvalue weighted by atomic mass is 9.87. The summed E-state index contributed by atoms with van der Waals surface area (Å²) in [6, 6.07) is 17.1. The molecule has 240 valence electrons. The number of hydrogen-bond acceptors (Lipinski definition) is 3. The highest BCUT2D eigenvalue weighted by Crippen LogP contribution is 2.44. The number of halogens is 6. The summed E-state index contributed by atoms with van der Waals surface area (Å²) in [5, 5.41) is 5.05. The third kappa shape index (κ3) is 10.6. The van der Waals surface area contributed by atoms with Crippen molar-refractivity contribution in [2.24, 2.45) is 5.14 Å². The number of nitrogens with two attached hydrogens (primary N) is 1. The van der Waals surface area contributed by atoms with E-state index in [0.29, 0.717) is 41.3 Å². The molecular weight excluding hydrogens is 637 g/mol. The molecule has 4 nitrogen and oxygen atoms in total. The monoisotopic (exact) mass is 672 g/mol. The van der Waals surface area contributed by atoms with E-state index in [1.165, 1.54) is 6.07 Å². The summed E-state index contributed by atoms with van der Waals surface area (Å²) in [4.78, 5) is 0. The maximum absolute atomic E-state index is 13.6. The van der Waals surface area contributed by atoms with Gasteiger partial charge in [0.2, 0.25) is 0 Å². The Kier molecular flexibility index (Phi) is 14.2. The van der Waals surface area contributed by atoms with Crippen LogP contribution in [0.2, 0.25) is 10.0 Å². The predicted molar refractivity (Wildman–Crippen MR) is 170 cm³/mol. The van der Waals surface area contributed by atoms with Crippen LogP contribution in [0.4, 0.5) is 17.6 Å². The van der Waals surface area contributed by atoms with E-state index in [1.54, 1.807) is 18.2 Å². The lowest BCUT2D eigenvalue weighted by Gasteiger charge is -2.21. The summed E-state index contributed by atoms with van der Waals surface area (Å²) in [6.45, 7) is 1.82. The molecule has 0 fully saturated rings. The first kappa shape index (κ1) is 36.0. The molecule has 1 aliphatic carbocycles. The van der Waals surface area contributed by atoms with Gasteiger partial charge in [-0.2, -0.15) is 13.2 Å². The summed E-state index contributed by atoms with van der Waals surface area (Å²) in [5.41, 5.74) is 4.35. The average Bonchev–Trinajstić information content (AvgIpc) is 3.14. The van der Waals surface area contributed by atoms with Crippen LogP contribution < -0.4 is 9.88 Å². The second-order valence-electron chi connectivity index (χ2n) is 10.6. The van der Waals surface area contributed by atoms with E-state index in [9.17, 15) is 17.6 Å². The van der Waals surface area contributed by atoms with Crippen molar-refractivity contribution in [1.82, 2.24) is 0 Å². The van der Waals surface area contributed by atoms with Crippen molar-refractivity contribution in [2.75, 3.05) is 6.67 Å². The average molecular weight is 674 g/mol. The van der Waals surface area contributed by atoms with Gasteiger partial charge in [0.05, 0.1) is 18.3 Å². The Labute approximate surface area is 269 Å². The van der Waals surface area contributed by atoms with E-state index in [-0.39, 0.29) is 12.8 Å². The fourth-order valence-electron chi connectivity index (χ4n) is 5.42. The van der Waals surface area contributed by atoms with Crippen molar-refractivity contribution < 1.29 is 31.1 Å². The van der Waals surface area contributed by atoms with Crippen molar-refractivity contribution in [3.63, 3.8) is 0 Å². The Morgan fingerprint density at radius 3 is 2.25 bits per heavy atom. The summed E-state index contributed by atoms with van der Waals surface area (Å²) >= 11 is 10.5. The lowest BCUT2D eigenvalue weighted by molar-refractivity contribution is -0.137. The highest BCUT2D eigenvalue weighted by atomic mass is 35.5. The molecule has 0 spiro atoms. The minimum Gasteiger partial charge on any atom is -0.760 e. The third-order valence-electron chi connectivity index (χ3n) is 7.35. The number of hydrogen-bond donors (Lipinski definition) is 1. The molecular formula is C33H36Cl2F4NO3S-. The smallest absolute Gasteiger partial charge is 0.416 e. The topological polar surface area (TPSA) is 75.4 Å². The molecule has 0 aromatic heterocycles. The van der Waals surface area contributed by atoms with Crippen molar-refractivity contribution in [2.45, 2.75) is 77.0 Å². The van der Waals surface area contributed by atoms with Gasteiger partial charge in [-0.05, 0) is 115 Å². The highest BCUT2D eigenvalue weighted by molar-refractivity contribution is 7.76. The molecule has 11 heteroatoms. The highest BCUT2D eigenvalue weighted by Gasteiger charge is 2.32. The molecule has 0 aliphatic heterocycles. The Morgan fingerprint density at radius 2 is 1.64 bits per heavy atom. The zero-order chi connectivity index (χ0) is 32.3.